The average Bonchev–Trinajstić information content (AvgIpc) is 2.98. The van der Waals surface area contributed by atoms with Crippen LogP contribution in [0.25, 0.3) is 0 Å². The molecule has 1 N–H and O–H groups in total. The Kier molecular flexibility index (Phi) is 3.76. The standard InChI is InChI=1S/C10H12N4O4S/c1-14-7-11-9(13-14)4-5-12-19(16,17)10-3-2-8(6-15)18-10/h2-3,6-7,12H,4-5H2,1H3. The molecule has 0 atom stereocenters. The molecule has 0 aliphatic carbocycles. The SMILES string of the molecule is Cn1cnc(CCNS(=O)(=O)c2ccc(C=O)o2)n1. The second-order valence-electron chi connectivity index (χ2n) is 3.76. The van der Waals surface area contributed by atoms with E-state index in [4.69, 9.17) is 4.42 Å². The van der Waals surface area contributed by atoms with E-state index in [-0.39, 0.29) is 17.4 Å². The maximum atomic E-state index is 11.8. The molecule has 0 amide bonds. The van der Waals surface area contributed by atoms with Crippen molar-refractivity contribution in [3.05, 3.63) is 30.0 Å². The third kappa shape index (κ3) is 3.26. The number of aldehydes is 1. The summed E-state index contributed by atoms with van der Waals surface area (Å²) in [5.41, 5.74) is 0. The van der Waals surface area contributed by atoms with Crippen molar-refractivity contribution in [2.24, 2.45) is 7.05 Å². The quantitative estimate of drug-likeness (QED) is 0.732. The molecule has 0 aliphatic rings. The molecule has 8 nitrogen and oxygen atoms in total. The van der Waals surface area contributed by atoms with Crippen molar-refractivity contribution in [2.75, 3.05) is 6.54 Å². The van der Waals surface area contributed by atoms with E-state index in [1.54, 1.807) is 7.05 Å². The third-order valence-electron chi connectivity index (χ3n) is 2.27. The van der Waals surface area contributed by atoms with Crippen molar-refractivity contribution < 1.29 is 17.6 Å². The molecule has 0 bridgehead atoms. The number of hydrogen-bond donors (Lipinski definition) is 1. The molecule has 102 valence electrons. The summed E-state index contributed by atoms with van der Waals surface area (Å²) in [5, 5.41) is 3.73. The summed E-state index contributed by atoms with van der Waals surface area (Å²) < 4.78 is 32.3. The number of furan rings is 1. The van der Waals surface area contributed by atoms with E-state index in [1.165, 1.54) is 23.1 Å². The molecule has 0 unspecified atom stereocenters. The Morgan fingerprint density at radius 3 is 2.84 bits per heavy atom. The van der Waals surface area contributed by atoms with Gasteiger partial charge in [-0.2, -0.15) is 5.10 Å². The Bertz CT molecular complexity index is 673. The van der Waals surface area contributed by atoms with Gasteiger partial charge in [0.1, 0.15) is 6.33 Å². The van der Waals surface area contributed by atoms with Crippen LogP contribution in [0.2, 0.25) is 0 Å². The van der Waals surface area contributed by atoms with Gasteiger partial charge < -0.3 is 4.42 Å². The van der Waals surface area contributed by atoms with Crippen molar-refractivity contribution in [1.29, 1.82) is 0 Å². The molecule has 0 fully saturated rings. The molecule has 0 saturated heterocycles. The lowest BCUT2D eigenvalue weighted by atomic mass is 10.4. The molecule has 0 aliphatic heterocycles. The zero-order chi connectivity index (χ0) is 13.9. The molecular weight excluding hydrogens is 272 g/mol. The van der Waals surface area contributed by atoms with Gasteiger partial charge in [-0.1, -0.05) is 0 Å². The van der Waals surface area contributed by atoms with Crippen molar-refractivity contribution >= 4 is 16.3 Å². The minimum atomic E-state index is -3.75. The zero-order valence-corrected chi connectivity index (χ0v) is 10.9. The molecule has 0 spiro atoms. The molecule has 2 aromatic heterocycles. The molecular formula is C10H12N4O4S. The van der Waals surface area contributed by atoms with Crippen LogP contribution in [-0.2, 0) is 23.5 Å². The van der Waals surface area contributed by atoms with Gasteiger partial charge in [-0.25, -0.2) is 18.1 Å². The predicted octanol–water partition coefficient (Wildman–Crippen LogP) is -0.258. The van der Waals surface area contributed by atoms with Crippen LogP contribution in [0.5, 0.6) is 0 Å². The minimum Gasteiger partial charge on any atom is -0.440 e. The first-order valence-electron chi connectivity index (χ1n) is 5.40. The van der Waals surface area contributed by atoms with Crippen LogP contribution < -0.4 is 4.72 Å². The van der Waals surface area contributed by atoms with E-state index in [0.717, 1.165) is 0 Å². The molecule has 0 saturated carbocycles. The van der Waals surface area contributed by atoms with E-state index < -0.39 is 10.0 Å². The lowest BCUT2D eigenvalue weighted by molar-refractivity contribution is 0.109. The minimum absolute atomic E-state index is 0.0354. The van der Waals surface area contributed by atoms with Crippen molar-refractivity contribution in [3.63, 3.8) is 0 Å². The molecule has 2 rings (SSSR count). The van der Waals surface area contributed by atoms with Gasteiger partial charge in [0.25, 0.3) is 10.0 Å². The molecule has 19 heavy (non-hydrogen) atoms. The maximum Gasteiger partial charge on any atom is 0.273 e. The summed E-state index contributed by atoms with van der Waals surface area (Å²) in [5.74, 6) is 0.505. The van der Waals surface area contributed by atoms with Gasteiger partial charge >= 0.3 is 0 Å². The van der Waals surface area contributed by atoms with Gasteiger partial charge in [0.2, 0.25) is 5.09 Å². The number of aryl methyl sites for hydroxylation is 1. The van der Waals surface area contributed by atoms with E-state index in [1.807, 2.05) is 0 Å². The fourth-order valence-electron chi connectivity index (χ4n) is 1.41. The van der Waals surface area contributed by atoms with Crippen LogP contribution in [0, 0.1) is 0 Å². The second kappa shape index (κ2) is 5.33. The highest BCUT2D eigenvalue weighted by atomic mass is 32.2. The first kappa shape index (κ1) is 13.4. The highest BCUT2D eigenvalue weighted by Crippen LogP contribution is 2.11. The fourth-order valence-corrected chi connectivity index (χ4v) is 2.38. The lowest BCUT2D eigenvalue weighted by Gasteiger charge is -2.01. The van der Waals surface area contributed by atoms with Crippen molar-refractivity contribution in [1.82, 2.24) is 19.5 Å². The van der Waals surface area contributed by atoms with Crippen LogP contribution in [-0.4, -0.2) is 36.0 Å². The smallest absolute Gasteiger partial charge is 0.273 e. The van der Waals surface area contributed by atoms with Gasteiger partial charge in [-0.15, -0.1) is 0 Å². The maximum absolute atomic E-state index is 11.8. The number of hydrogen-bond acceptors (Lipinski definition) is 6. The summed E-state index contributed by atoms with van der Waals surface area (Å²) in [6.45, 7) is 0.142. The van der Waals surface area contributed by atoms with Gasteiger partial charge in [0, 0.05) is 20.0 Å². The molecule has 2 heterocycles. The molecule has 0 aromatic carbocycles. The largest absolute Gasteiger partial charge is 0.440 e. The number of carbonyl (C=O) groups is 1. The van der Waals surface area contributed by atoms with E-state index in [9.17, 15) is 13.2 Å². The molecule has 0 radical (unpaired) electrons. The summed E-state index contributed by atoms with van der Waals surface area (Å²) in [6.07, 6.45) is 2.34. The van der Waals surface area contributed by atoms with Crippen LogP contribution in [0.3, 0.4) is 0 Å². The van der Waals surface area contributed by atoms with Crippen molar-refractivity contribution in [2.45, 2.75) is 11.5 Å². The van der Waals surface area contributed by atoms with Crippen LogP contribution in [0.15, 0.2) is 28.0 Å². The third-order valence-corrected chi connectivity index (χ3v) is 3.60. The number of nitrogens with zero attached hydrogens (tertiary/aromatic N) is 3. The average molecular weight is 284 g/mol. The van der Waals surface area contributed by atoms with Gasteiger partial charge in [0.15, 0.2) is 17.9 Å². The highest BCUT2D eigenvalue weighted by Gasteiger charge is 2.18. The first-order valence-corrected chi connectivity index (χ1v) is 6.89. The Hall–Kier alpha value is -2.00. The normalized spacial score (nSPS) is 11.6. The van der Waals surface area contributed by atoms with Crippen LogP contribution >= 0.6 is 0 Å². The van der Waals surface area contributed by atoms with Gasteiger partial charge in [-0.3, -0.25) is 9.48 Å². The summed E-state index contributed by atoms with van der Waals surface area (Å²) >= 11 is 0. The van der Waals surface area contributed by atoms with E-state index >= 15 is 0 Å². The summed E-state index contributed by atoms with van der Waals surface area (Å²) in [7, 11) is -2.02. The number of aromatic nitrogens is 3. The van der Waals surface area contributed by atoms with Gasteiger partial charge in [-0.05, 0) is 12.1 Å². The summed E-state index contributed by atoms with van der Waals surface area (Å²) in [4.78, 5) is 14.4. The first-order chi connectivity index (χ1) is 9.01. The number of sulfonamides is 1. The highest BCUT2D eigenvalue weighted by molar-refractivity contribution is 7.89. The number of nitrogens with one attached hydrogen (secondary N) is 1. The second-order valence-corrected chi connectivity index (χ2v) is 5.45. The zero-order valence-electron chi connectivity index (χ0n) is 10.1. The van der Waals surface area contributed by atoms with E-state index in [2.05, 4.69) is 14.8 Å². The Morgan fingerprint density at radius 1 is 1.47 bits per heavy atom. The molecule has 2 aromatic rings. The molecule has 9 heteroatoms. The number of rotatable bonds is 6. The van der Waals surface area contributed by atoms with Gasteiger partial charge in [0.05, 0.1) is 0 Å². The Balaban J connectivity index is 1.96. The predicted molar refractivity (Wildman–Crippen MR) is 64.0 cm³/mol. The summed E-state index contributed by atoms with van der Waals surface area (Å²) in [6, 6.07) is 2.52. The lowest BCUT2D eigenvalue weighted by Crippen LogP contribution is -2.26. The van der Waals surface area contributed by atoms with Crippen LogP contribution in [0.4, 0.5) is 0 Å². The fraction of sp³-hybridized carbons (Fsp3) is 0.300. The topological polar surface area (TPSA) is 107 Å². The monoisotopic (exact) mass is 284 g/mol. The van der Waals surface area contributed by atoms with Crippen molar-refractivity contribution in [3.8, 4) is 0 Å². The Labute approximate surface area is 109 Å². The Morgan fingerprint density at radius 2 is 2.26 bits per heavy atom. The number of carbonyl (C=O) groups excluding carboxylic acids is 1. The van der Waals surface area contributed by atoms with Crippen LogP contribution in [0.1, 0.15) is 16.4 Å². The van der Waals surface area contributed by atoms with E-state index in [0.29, 0.717) is 18.5 Å².